The van der Waals surface area contributed by atoms with Gasteiger partial charge in [-0.3, -0.25) is 0 Å². The van der Waals surface area contributed by atoms with E-state index in [4.69, 9.17) is 9.57 Å². The maximum Gasteiger partial charge on any atom is 0.124 e. The average Bonchev–Trinajstić information content (AvgIpc) is 2.65. The number of hydroxylamine groups is 1. The van der Waals surface area contributed by atoms with Crippen molar-refractivity contribution < 1.29 is 9.57 Å². The highest BCUT2D eigenvalue weighted by Gasteiger charge is 2.35. The zero-order chi connectivity index (χ0) is 8.67. The van der Waals surface area contributed by atoms with Crippen molar-refractivity contribution in [2.45, 2.75) is 6.04 Å². The Morgan fingerprint density at radius 1 is 1.23 bits per heavy atom. The monoisotopic (exact) mass is 177 g/mol. The fourth-order valence-electron chi connectivity index (χ4n) is 1.96. The van der Waals surface area contributed by atoms with Gasteiger partial charge in [-0.25, -0.2) is 0 Å². The lowest BCUT2D eigenvalue weighted by atomic mass is 9.93. The first-order chi connectivity index (χ1) is 6.45. The molecule has 2 atom stereocenters. The first kappa shape index (κ1) is 7.35. The van der Waals surface area contributed by atoms with Crippen LogP contribution in [-0.2, 0) is 4.84 Å². The van der Waals surface area contributed by atoms with Crippen LogP contribution in [0.15, 0.2) is 24.3 Å². The van der Waals surface area contributed by atoms with Crippen molar-refractivity contribution in [1.82, 2.24) is 5.48 Å². The molecule has 13 heavy (non-hydrogen) atoms. The van der Waals surface area contributed by atoms with Gasteiger partial charge in [-0.05, 0) is 6.07 Å². The van der Waals surface area contributed by atoms with Crippen LogP contribution in [0.1, 0.15) is 11.6 Å². The summed E-state index contributed by atoms with van der Waals surface area (Å²) >= 11 is 0. The lowest BCUT2D eigenvalue weighted by molar-refractivity contribution is 0.0861. The molecule has 1 aromatic rings. The summed E-state index contributed by atoms with van der Waals surface area (Å²) in [6, 6.07) is 8.45. The van der Waals surface area contributed by atoms with E-state index in [1.165, 1.54) is 5.56 Å². The molecule has 0 aliphatic carbocycles. The van der Waals surface area contributed by atoms with Gasteiger partial charge in [-0.1, -0.05) is 18.2 Å². The van der Waals surface area contributed by atoms with Crippen LogP contribution in [-0.4, -0.2) is 13.2 Å². The van der Waals surface area contributed by atoms with Crippen molar-refractivity contribution in [2.24, 2.45) is 5.92 Å². The van der Waals surface area contributed by atoms with Gasteiger partial charge < -0.3 is 9.57 Å². The fraction of sp³-hybridized carbons (Fsp3) is 0.400. The van der Waals surface area contributed by atoms with Gasteiger partial charge in [0, 0.05) is 11.5 Å². The number of nitrogens with one attached hydrogen (secondary N) is 1. The summed E-state index contributed by atoms with van der Waals surface area (Å²) in [6.45, 7) is 1.51. The van der Waals surface area contributed by atoms with Crippen LogP contribution in [0, 0.1) is 5.92 Å². The zero-order valence-corrected chi connectivity index (χ0v) is 7.19. The standard InChI is InChI=1S/C10H11NO2/c1-2-4-9-8(3-1)10-7(5-12-9)6-13-11-10/h1-4,7,10-11H,5-6H2/t7-,10+/m0/s1. The Bertz CT molecular complexity index is 326. The summed E-state index contributed by atoms with van der Waals surface area (Å²) < 4.78 is 5.62. The van der Waals surface area contributed by atoms with Gasteiger partial charge in [0.25, 0.3) is 0 Å². The predicted molar refractivity (Wildman–Crippen MR) is 47.3 cm³/mol. The van der Waals surface area contributed by atoms with Gasteiger partial charge >= 0.3 is 0 Å². The molecule has 1 saturated heterocycles. The summed E-state index contributed by atoms with van der Waals surface area (Å²) in [7, 11) is 0. The Balaban J connectivity index is 2.06. The highest BCUT2D eigenvalue weighted by molar-refractivity contribution is 5.38. The van der Waals surface area contributed by atoms with Crippen LogP contribution in [0.5, 0.6) is 5.75 Å². The molecule has 0 spiro atoms. The van der Waals surface area contributed by atoms with E-state index in [9.17, 15) is 0 Å². The summed E-state index contributed by atoms with van der Waals surface area (Å²) in [6.07, 6.45) is 0. The van der Waals surface area contributed by atoms with Gasteiger partial charge in [0.1, 0.15) is 5.75 Å². The van der Waals surface area contributed by atoms with Crippen LogP contribution in [0.2, 0.25) is 0 Å². The summed E-state index contributed by atoms with van der Waals surface area (Å²) in [5.74, 6) is 1.46. The number of para-hydroxylation sites is 1. The Morgan fingerprint density at radius 3 is 3.15 bits per heavy atom. The van der Waals surface area contributed by atoms with Gasteiger partial charge in [-0.15, -0.1) is 0 Å². The SMILES string of the molecule is c1ccc2c(c1)OC[C@H]1CON[C@@H]21. The van der Waals surface area contributed by atoms with Crippen molar-refractivity contribution in [3.63, 3.8) is 0 Å². The number of hydrogen-bond acceptors (Lipinski definition) is 3. The van der Waals surface area contributed by atoms with E-state index in [2.05, 4.69) is 11.5 Å². The summed E-state index contributed by atoms with van der Waals surface area (Å²) in [4.78, 5) is 5.22. The van der Waals surface area contributed by atoms with Crippen molar-refractivity contribution >= 4 is 0 Å². The van der Waals surface area contributed by atoms with E-state index in [0.717, 1.165) is 19.0 Å². The van der Waals surface area contributed by atoms with Crippen molar-refractivity contribution in [3.05, 3.63) is 29.8 Å². The molecule has 0 saturated carbocycles. The molecule has 0 aromatic heterocycles. The molecule has 3 heteroatoms. The summed E-state index contributed by atoms with van der Waals surface area (Å²) in [5.41, 5.74) is 4.25. The Kier molecular flexibility index (Phi) is 1.54. The number of rotatable bonds is 0. The molecular formula is C10H11NO2. The molecule has 1 N–H and O–H groups in total. The molecule has 0 bridgehead atoms. The maximum atomic E-state index is 5.62. The van der Waals surface area contributed by atoms with E-state index in [1.54, 1.807) is 0 Å². The number of ether oxygens (including phenoxy) is 1. The molecule has 2 heterocycles. The third-order valence-electron chi connectivity index (χ3n) is 2.69. The average molecular weight is 177 g/mol. The smallest absolute Gasteiger partial charge is 0.124 e. The quantitative estimate of drug-likeness (QED) is 0.647. The highest BCUT2D eigenvalue weighted by atomic mass is 16.7. The first-order valence-electron chi connectivity index (χ1n) is 4.54. The minimum absolute atomic E-state index is 0.324. The topological polar surface area (TPSA) is 30.5 Å². The molecule has 1 fully saturated rings. The lowest BCUT2D eigenvalue weighted by Crippen LogP contribution is -2.27. The molecule has 0 unspecified atom stereocenters. The number of hydrogen-bond donors (Lipinski definition) is 1. The van der Waals surface area contributed by atoms with Crippen LogP contribution in [0.4, 0.5) is 0 Å². The minimum atomic E-state index is 0.324. The second kappa shape index (κ2) is 2.72. The number of fused-ring (bicyclic) bond motifs is 3. The molecule has 3 nitrogen and oxygen atoms in total. The van der Waals surface area contributed by atoms with Crippen LogP contribution < -0.4 is 10.2 Å². The normalized spacial score (nSPS) is 30.5. The molecule has 68 valence electrons. The maximum absolute atomic E-state index is 5.62. The van der Waals surface area contributed by atoms with Crippen LogP contribution in [0.3, 0.4) is 0 Å². The second-order valence-corrected chi connectivity index (χ2v) is 3.52. The van der Waals surface area contributed by atoms with Gasteiger partial charge in [-0.2, -0.15) is 5.48 Å². The fourth-order valence-corrected chi connectivity index (χ4v) is 1.96. The van der Waals surface area contributed by atoms with Crippen LogP contribution in [0.25, 0.3) is 0 Å². The van der Waals surface area contributed by atoms with Crippen molar-refractivity contribution in [1.29, 1.82) is 0 Å². The molecule has 2 aliphatic heterocycles. The minimum Gasteiger partial charge on any atom is -0.493 e. The summed E-state index contributed by atoms with van der Waals surface area (Å²) in [5, 5.41) is 0. The second-order valence-electron chi connectivity index (χ2n) is 3.52. The van der Waals surface area contributed by atoms with E-state index in [0.29, 0.717) is 12.0 Å². The molecule has 3 rings (SSSR count). The molecule has 2 aliphatic rings. The van der Waals surface area contributed by atoms with Gasteiger partial charge in [0.15, 0.2) is 0 Å². The van der Waals surface area contributed by atoms with E-state index in [-0.39, 0.29) is 0 Å². The lowest BCUT2D eigenvalue weighted by Gasteiger charge is -2.26. The molecular weight excluding hydrogens is 166 g/mol. The van der Waals surface area contributed by atoms with E-state index < -0.39 is 0 Å². The van der Waals surface area contributed by atoms with E-state index in [1.807, 2.05) is 18.2 Å². The van der Waals surface area contributed by atoms with Crippen molar-refractivity contribution in [3.8, 4) is 5.75 Å². The predicted octanol–water partition coefficient (Wildman–Crippen LogP) is 1.27. The highest BCUT2D eigenvalue weighted by Crippen LogP contribution is 2.37. The van der Waals surface area contributed by atoms with E-state index >= 15 is 0 Å². The Hall–Kier alpha value is -1.06. The Morgan fingerprint density at radius 2 is 2.15 bits per heavy atom. The van der Waals surface area contributed by atoms with Gasteiger partial charge in [0.2, 0.25) is 0 Å². The number of benzene rings is 1. The van der Waals surface area contributed by atoms with Gasteiger partial charge in [0.05, 0.1) is 19.3 Å². The Labute approximate surface area is 76.6 Å². The largest absolute Gasteiger partial charge is 0.493 e. The first-order valence-corrected chi connectivity index (χ1v) is 4.54. The third kappa shape index (κ3) is 1.04. The van der Waals surface area contributed by atoms with Crippen molar-refractivity contribution in [2.75, 3.05) is 13.2 Å². The molecule has 0 amide bonds. The third-order valence-corrected chi connectivity index (χ3v) is 2.69. The molecule has 1 aromatic carbocycles. The molecule has 0 radical (unpaired) electrons. The van der Waals surface area contributed by atoms with Crippen LogP contribution >= 0.6 is 0 Å². The zero-order valence-electron chi connectivity index (χ0n) is 7.19.